The van der Waals surface area contributed by atoms with E-state index >= 15 is 0 Å². The molecule has 0 atom stereocenters. The number of carbonyl (C=O) groups is 2. The maximum Gasteiger partial charge on any atom is 0.272 e. The molecule has 7 nitrogen and oxygen atoms in total. The van der Waals surface area contributed by atoms with Gasteiger partial charge in [0, 0.05) is 46.3 Å². The first-order valence-corrected chi connectivity index (χ1v) is 10.2. The van der Waals surface area contributed by atoms with E-state index in [1.54, 1.807) is 16.5 Å². The summed E-state index contributed by atoms with van der Waals surface area (Å²) in [4.78, 5) is 28.7. The monoisotopic (exact) mass is 405 g/mol. The second kappa shape index (κ2) is 7.82. The van der Waals surface area contributed by atoms with Gasteiger partial charge in [0.2, 0.25) is 5.91 Å². The Morgan fingerprint density at radius 3 is 2.27 bits per heavy atom. The van der Waals surface area contributed by atoms with E-state index in [1.807, 2.05) is 60.0 Å². The number of rotatable bonds is 3. The number of piperazine rings is 1. The summed E-state index contributed by atoms with van der Waals surface area (Å²) in [5.41, 5.74) is 5.37. The number of aromatic nitrogens is 3. The Morgan fingerprint density at radius 2 is 1.67 bits per heavy atom. The van der Waals surface area contributed by atoms with E-state index < -0.39 is 0 Å². The zero-order chi connectivity index (χ0) is 21.4. The van der Waals surface area contributed by atoms with Gasteiger partial charge in [0.05, 0.1) is 11.4 Å². The highest BCUT2D eigenvalue weighted by molar-refractivity contribution is 5.94. The van der Waals surface area contributed by atoms with Crippen LogP contribution in [0.25, 0.3) is 17.1 Å². The van der Waals surface area contributed by atoms with Gasteiger partial charge in [-0.2, -0.15) is 5.10 Å². The van der Waals surface area contributed by atoms with Gasteiger partial charge < -0.3 is 14.4 Å². The smallest absolute Gasteiger partial charge is 0.272 e. The third kappa shape index (κ3) is 3.63. The summed E-state index contributed by atoms with van der Waals surface area (Å²) >= 11 is 0. The summed E-state index contributed by atoms with van der Waals surface area (Å²) in [5.74, 6) is -0.0143. The lowest BCUT2D eigenvalue weighted by atomic mass is 10.1. The number of carbonyl (C=O) groups excluding carboxylic acids is 2. The number of aryl methyl sites for hydroxylation is 3. The minimum Gasteiger partial charge on any atom is -0.349 e. The summed E-state index contributed by atoms with van der Waals surface area (Å²) < 4.78 is 3.76. The van der Waals surface area contributed by atoms with Gasteiger partial charge >= 0.3 is 0 Å². The molecular formula is C23H27N5O2. The van der Waals surface area contributed by atoms with Crippen LogP contribution in [0.2, 0.25) is 0 Å². The molecule has 3 heterocycles. The molecule has 30 heavy (non-hydrogen) atoms. The molecule has 156 valence electrons. The first-order valence-electron chi connectivity index (χ1n) is 10.2. The van der Waals surface area contributed by atoms with Crippen molar-refractivity contribution in [1.29, 1.82) is 0 Å². The van der Waals surface area contributed by atoms with Gasteiger partial charge in [-0.25, -0.2) is 4.68 Å². The quantitative estimate of drug-likeness (QED) is 0.673. The second-order valence-corrected chi connectivity index (χ2v) is 7.92. The van der Waals surface area contributed by atoms with Gasteiger partial charge in [-0.3, -0.25) is 9.59 Å². The molecular weight excluding hydrogens is 378 g/mol. The predicted molar refractivity (Wildman–Crippen MR) is 116 cm³/mol. The van der Waals surface area contributed by atoms with Crippen molar-refractivity contribution >= 4 is 11.8 Å². The minimum absolute atomic E-state index is 0.0495. The minimum atomic E-state index is -0.0638. The zero-order valence-electron chi connectivity index (χ0n) is 17.9. The van der Waals surface area contributed by atoms with Crippen molar-refractivity contribution in [2.24, 2.45) is 7.05 Å². The summed E-state index contributed by atoms with van der Waals surface area (Å²) in [5, 5.41) is 4.82. The van der Waals surface area contributed by atoms with Gasteiger partial charge in [0.25, 0.3) is 5.91 Å². The van der Waals surface area contributed by atoms with E-state index in [4.69, 9.17) is 5.10 Å². The Morgan fingerprint density at radius 1 is 0.967 bits per heavy atom. The topological polar surface area (TPSA) is 63.4 Å². The zero-order valence-corrected chi connectivity index (χ0v) is 17.9. The van der Waals surface area contributed by atoms with Crippen molar-refractivity contribution < 1.29 is 9.59 Å². The molecule has 3 aromatic rings. The molecule has 1 aliphatic rings. The fourth-order valence-corrected chi connectivity index (χ4v) is 4.00. The number of hydrogen-bond donors (Lipinski definition) is 0. The Bertz CT molecular complexity index is 1100. The SMILES string of the molecule is CC(=O)N1CCN(C(=O)c2cc(-c3cccn3C)nn2-c2ccc(C)cc2C)CC1. The molecule has 0 bridgehead atoms. The van der Waals surface area contributed by atoms with Gasteiger partial charge in [-0.15, -0.1) is 0 Å². The summed E-state index contributed by atoms with van der Waals surface area (Å²) in [6.45, 7) is 7.82. The van der Waals surface area contributed by atoms with Crippen LogP contribution >= 0.6 is 0 Å². The first-order chi connectivity index (χ1) is 14.3. The lowest BCUT2D eigenvalue weighted by Crippen LogP contribution is -2.50. The van der Waals surface area contributed by atoms with Crippen LogP contribution in [0.3, 0.4) is 0 Å². The van der Waals surface area contributed by atoms with E-state index in [0.29, 0.717) is 31.9 Å². The van der Waals surface area contributed by atoms with Crippen molar-refractivity contribution in [2.45, 2.75) is 20.8 Å². The van der Waals surface area contributed by atoms with Crippen LogP contribution in [-0.4, -0.2) is 62.1 Å². The van der Waals surface area contributed by atoms with Crippen molar-refractivity contribution in [3.8, 4) is 17.1 Å². The summed E-state index contributed by atoms with van der Waals surface area (Å²) in [6.07, 6.45) is 1.97. The third-order valence-electron chi connectivity index (χ3n) is 5.73. The van der Waals surface area contributed by atoms with Crippen LogP contribution in [0.4, 0.5) is 0 Å². The lowest BCUT2D eigenvalue weighted by Gasteiger charge is -2.34. The Kier molecular flexibility index (Phi) is 5.20. The van der Waals surface area contributed by atoms with Crippen LogP contribution < -0.4 is 0 Å². The van der Waals surface area contributed by atoms with E-state index in [1.165, 1.54) is 5.56 Å². The maximum atomic E-state index is 13.5. The lowest BCUT2D eigenvalue weighted by molar-refractivity contribution is -0.130. The molecule has 0 unspecified atom stereocenters. The van der Waals surface area contributed by atoms with Crippen molar-refractivity contribution in [3.63, 3.8) is 0 Å². The van der Waals surface area contributed by atoms with Crippen molar-refractivity contribution in [3.05, 3.63) is 59.4 Å². The Balaban J connectivity index is 1.74. The number of benzene rings is 1. The molecule has 2 aromatic heterocycles. The fraction of sp³-hybridized carbons (Fsp3) is 0.348. The molecule has 0 radical (unpaired) electrons. The molecule has 4 rings (SSSR count). The number of nitrogens with zero attached hydrogens (tertiary/aromatic N) is 5. The molecule has 1 aromatic carbocycles. The fourth-order valence-electron chi connectivity index (χ4n) is 4.00. The highest BCUT2D eigenvalue weighted by atomic mass is 16.2. The molecule has 0 aliphatic carbocycles. The highest BCUT2D eigenvalue weighted by Gasteiger charge is 2.27. The average Bonchev–Trinajstić information content (AvgIpc) is 3.33. The summed E-state index contributed by atoms with van der Waals surface area (Å²) in [6, 6.07) is 12.0. The summed E-state index contributed by atoms with van der Waals surface area (Å²) in [7, 11) is 1.97. The Labute approximate surface area is 176 Å². The molecule has 2 amide bonds. The first kappa shape index (κ1) is 19.9. The van der Waals surface area contributed by atoms with Gasteiger partial charge in [0.1, 0.15) is 11.4 Å². The van der Waals surface area contributed by atoms with Crippen LogP contribution in [0, 0.1) is 13.8 Å². The second-order valence-electron chi connectivity index (χ2n) is 7.92. The van der Waals surface area contributed by atoms with Crippen molar-refractivity contribution in [2.75, 3.05) is 26.2 Å². The average molecular weight is 406 g/mol. The standard InChI is InChI=1S/C23H27N5O2/c1-16-7-8-20(17(2)14-16)28-22(15-19(24-28)21-6-5-9-25(21)4)23(30)27-12-10-26(11-13-27)18(3)29/h5-9,14-15H,10-13H2,1-4H3. The Hall–Kier alpha value is -3.35. The molecule has 1 saturated heterocycles. The normalized spacial score (nSPS) is 14.3. The van der Waals surface area contributed by atoms with Gasteiger partial charge in [0.15, 0.2) is 0 Å². The van der Waals surface area contributed by atoms with Crippen LogP contribution in [0.5, 0.6) is 0 Å². The maximum absolute atomic E-state index is 13.5. The molecule has 0 saturated carbocycles. The highest BCUT2D eigenvalue weighted by Crippen LogP contribution is 2.25. The predicted octanol–water partition coefficient (Wildman–Crippen LogP) is 2.80. The van der Waals surface area contributed by atoms with Crippen LogP contribution in [0.15, 0.2) is 42.6 Å². The largest absolute Gasteiger partial charge is 0.349 e. The van der Waals surface area contributed by atoms with Crippen molar-refractivity contribution in [1.82, 2.24) is 24.1 Å². The third-order valence-corrected chi connectivity index (χ3v) is 5.73. The van der Waals surface area contributed by atoms with Gasteiger partial charge in [-0.1, -0.05) is 17.7 Å². The van der Waals surface area contributed by atoms with Gasteiger partial charge in [-0.05, 0) is 43.7 Å². The molecule has 1 fully saturated rings. The van der Waals surface area contributed by atoms with E-state index in [0.717, 1.165) is 22.6 Å². The van der Waals surface area contributed by atoms with Crippen LogP contribution in [-0.2, 0) is 11.8 Å². The van der Waals surface area contributed by atoms with E-state index in [-0.39, 0.29) is 11.8 Å². The van der Waals surface area contributed by atoms with E-state index in [9.17, 15) is 9.59 Å². The molecule has 0 N–H and O–H groups in total. The van der Waals surface area contributed by atoms with E-state index in [2.05, 4.69) is 13.0 Å². The molecule has 0 spiro atoms. The van der Waals surface area contributed by atoms with Crippen LogP contribution in [0.1, 0.15) is 28.5 Å². The number of hydrogen-bond acceptors (Lipinski definition) is 3. The molecule has 1 aliphatic heterocycles. The molecule has 7 heteroatoms. The number of amides is 2.